The van der Waals surface area contributed by atoms with E-state index < -0.39 is 0 Å². The zero-order valence-electron chi connectivity index (χ0n) is 13.3. The number of nitrogens with one attached hydrogen (secondary N) is 1. The second kappa shape index (κ2) is 7.45. The van der Waals surface area contributed by atoms with Gasteiger partial charge in [-0.1, -0.05) is 20.8 Å². The van der Waals surface area contributed by atoms with E-state index in [1.165, 1.54) is 6.20 Å². The van der Waals surface area contributed by atoms with Crippen molar-refractivity contribution in [3.05, 3.63) is 23.6 Å². The van der Waals surface area contributed by atoms with Gasteiger partial charge in [-0.3, -0.25) is 0 Å². The highest BCUT2D eigenvalue weighted by Crippen LogP contribution is 2.32. The summed E-state index contributed by atoms with van der Waals surface area (Å²) in [6, 6.07) is 1.62. The van der Waals surface area contributed by atoms with Crippen LogP contribution in [0.2, 0.25) is 0 Å². The van der Waals surface area contributed by atoms with E-state index in [9.17, 15) is 4.39 Å². The Morgan fingerprint density at radius 1 is 1.43 bits per heavy atom. The summed E-state index contributed by atoms with van der Waals surface area (Å²) in [6.07, 6.45) is 3.53. The molecule has 21 heavy (non-hydrogen) atoms. The number of pyridine rings is 1. The van der Waals surface area contributed by atoms with Crippen LogP contribution in [0.5, 0.6) is 0 Å². The summed E-state index contributed by atoms with van der Waals surface area (Å²) >= 11 is 2.01. The van der Waals surface area contributed by atoms with Crippen LogP contribution < -0.4 is 10.2 Å². The van der Waals surface area contributed by atoms with Gasteiger partial charge in [-0.05, 0) is 25.5 Å². The second-order valence-corrected chi connectivity index (χ2v) is 7.96. The molecule has 0 unspecified atom stereocenters. The molecule has 0 radical (unpaired) electrons. The number of aromatic nitrogens is 1. The molecule has 118 valence electrons. The number of rotatable bonds is 5. The van der Waals surface area contributed by atoms with Crippen LogP contribution in [0.1, 0.15) is 39.2 Å². The number of anilines is 1. The van der Waals surface area contributed by atoms with Crippen molar-refractivity contribution in [2.45, 2.75) is 44.9 Å². The number of nitrogens with zero attached hydrogens (tertiary/aromatic N) is 2. The largest absolute Gasteiger partial charge is 0.355 e. The molecule has 1 aliphatic heterocycles. The van der Waals surface area contributed by atoms with Crippen molar-refractivity contribution >= 4 is 17.6 Å². The smallest absolute Gasteiger partial charge is 0.141 e. The Labute approximate surface area is 131 Å². The molecule has 1 aromatic heterocycles. The van der Waals surface area contributed by atoms with Crippen molar-refractivity contribution in [1.82, 2.24) is 10.3 Å². The Morgan fingerprint density at radius 2 is 2.24 bits per heavy atom. The topological polar surface area (TPSA) is 28.2 Å². The van der Waals surface area contributed by atoms with Crippen LogP contribution in [0, 0.1) is 5.82 Å². The summed E-state index contributed by atoms with van der Waals surface area (Å²) in [7, 11) is 0. The van der Waals surface area contributed by atoms with E-state index in [4.69, 9.17) is 0 Å². The molecule has 2 rings (SSSR count). The molecular weight excluding hydrogens is 285 g/mol. The maximum atomic E-state index is 13.5. The monoisotopic (exact) mass is 311 g/mol. The van der Waals surface area contributed by atoms with Crippen LogP contribution in [-0.2, 0) is 6.54 Å². The van der Waals surface area contributed by atoms with Crippen molar-refractivity contribution < 1.29 is 4.39 Å². The van der Waals surface area contributed by atoms with Gasteiger partial charge >= 0.3 is 0 Å². The summed E-state index contributed by atoms with van der Waals surface area (Å²) in [5.41, 5.74) is 0.966. The normalized spacial score (nSPS) is 18.6. The third-order valence-corrected chi connectivity index (χ3v) is 5.16. The highest BCUT2D eigenvalue weighted by Gasteiger charge is 2.25. The van der Waals surface area contributed by atoms with Gasteiger partial charge in [0.15, 0.2) is 0 Å². The first-order chi connectivity index (χ1) is 10.0. The molecule has 1 aliphatic rings. The summed E-state index contributed by atoms with van der Waals surface area (Å²) < 4.78 is 13.8. The molecule has 0 bridgehead atoms. The van der Waals surface area contributed by atoms with E-state index in [-0.39, 0.29) is 5.82 Å². The minimum Gasteiger partial charge on any atom is -0.355 e. The third-order valence-electron chi connectivity index (χ3n) is 3.79. The molecule has 0 amide bonds. The van der Waals surface area contributed by atoms with E-state index in [1.807, 2.05) is 11.8 Å². The van der Waals surface area contributed by atoms with Crippen molar-refractivity contribution in [3.8, 4) is 0 Å². The van der Waals surface area contributed by atoms with Gasteiger partial charge in [-0.2, -0.15) is 11.8 Å². The lowest BCUT2D eigenvalue weighted by atomic mass is 10.1. The maximum Gasteiger partial charge on any atom is 0.141 e. The Morgan fingerprint density at radius 3 is 3.00 bits per heavy atom. The Kier molecular flexibility index (Phi) is 5.88. The van der Waals surface area contributed by atoms with Crippen LogP contribution in [-0.4, -0.2) is 35.1 Å². The second-order valence-electron chi connectivity index (χ2n) is 6.16. The summed E-state index contributed by atoms with van der Waals surface area (Å²) in [6.45, 7) is 10.3. The molecule has 5 heteroatoms. The minimum atomic E-state index is -0.253. The van der Waals surface area contributed by atoms with Crippen molar-refractivity contribution in [1.29, 1.82) is 0 Å². The number of hydrogen-bond acceptors (Lipinski definition) is 4. The van der Waals surface area contributed by atoms with Gasteiger partial charge < -0.3 is 10.2 Å². The van der Waals surface area contributed by atoms with Gasteiger partial charge in [0.05, 0.1) is 6.20 Å². The zero-order valence-corrected chi connectivity index (χ0v) is 14.1. The number of halogens is 1. The molecule has 0 spiro atoms. The summed E-state index contributed by atoms with van der Waals surface area (Å²) in [5.74, 6) is 1.78. The van der Waals surface area contributed by atoms with Gasteiger partial charge in [0, 0.05) is 35.7 Å². The summed E-state index contributed by atoms with van der Waals surface area (Å²) in [5, 5.41) is 3.35. The number of hydrogen-bond donors (Lipinski definition) is 1. The predicted molar refractivity (Wildman–Crippen MR) is 89.6 cm³/mol. The molecule has 0 aromatic carbocycles. The fourth-order valence-electron chi connectivity index (χ4n) is 2.52. The van der Waals surface area contributed by atoms with Crippen molar-refractivity contribution in [3.63, 3.8) is 0 Å². The van der Waals surface area contributed by atoms with Gasteiger partial charge in [0.25, 0.3) is 0 Å². The van der Waals surface area contributed by atoms with Gasteiger partial charge in [0.1, 0.15) is 11.6 Å². The molecule has 1 aromatic rings. The Hall–Kier alpha value is -0.810. The Bertz CT molecular complexity index is 465. The SMILES string of the molecule is CCCNCc1cc(F)cnc1N1CCSC(C)(C)CC1. The fraction of sp³-hybridized carbons (Fsp3) is 0.688. The molecule has 0 saturated carbocycles. The minimum absolute atomic E-state index is 0.253. The molecule has 1 fully saturated rings. The lowest BCUT2D eigenvalue weighted by molar-refractivity contribution is 0.604. The highest BCUT2D eigenvalue weighted by molar-refractivity contribution is 8.00. The first-order valence-electron chi connectivity index (χ1n) is 7.76. The lowest BCUT2D eigenvalue weighted by Gasteiger charge is -2.25. The van der Waals surface area contributed by atoms with E-state index in [1.54, 1.807) is 6.07 Å². The van der Waals surface area contributed by atoms with Crippen molar-refractivity contribution in [2.75, 3.05) is 30.3 Å². The quantitative estimate of drug-likeness (QED) is 0.843. The molecule has 1 N–H and O–H groups in total. The van der Waals surface area contributed by atoms with Gasteiger partial charge in [0.2, 0.25) is 0 Å². The first kappa shape index (κ1) is 16.6. The van der Waals surface area contributed by atoms with Gasteiger partial charge in [-0.25, -0.2) is 9.37 Å². The molecule has 2 heterocycles. The standard InChI is InChI=1S/C16H26FN3S/c1-4-6-18-11-13-10-14(17)12-19-15(13)20-7-5-16(2,3)21-9-8-20/h10,12,18H,4-9,11H2,1-3H3. The molecular formula is C16H26FN3S. The lowest BCUT2D eigenvalue weighted by Crippen LogP contribution is -2.29. The van der Waals surface area contributed by atoms with E-state index in [2.05, 4.69) is 36.0 Å². The highest BCUT2D eigenvalue weighted by atomic mass is 32.2. The fourth-order valence-corrected chi connectivity index (χ4v) is 3.62. The van der Waals surface area contributed by atoms with E-state index >= 15 is 0 Å². The predicted octanol–water partition coefficient (Wildman–Crippen LogP) is 3.44. The van der Waals surface area contributed by atoms with Crippen LogP contribution in [0.3, 0.4) is 0 Å². The zero-order chi connectivity index (χ0) is 15.3. The van der Waals surface area contributed by atoms with Crippen LogP contribution in [0.25, 0.3) is 0 Å². The third kappa shape index (κ3) is 4.85. The Balaban J connectivity index is 2.13. The van der Waals surface area contributed by atoms with Gasteiger partial charge in [-0.15, -0.1) is 0 Å². The average Bonchev–Trinajstić information content (AvgIpc) is 2.60. The average molecular weight is 311 g/mol. The van der Waals surface area contributed by atoms with E-state index in [0.717, 1.165) is 49.6 Å². The first-order valence-corrected chi connectivity index (χ1v) is 8.74. The summed E-state index contributed by atoms with van der Waals surface area (Å²) in [4.78, 5) is 6.68. The van der Waals surface area contributed by atoms with Crippen LogP contribution in [0.4, 0.5) is 10.2 Å². The van der Waals surface area contributed by atoms with E-state index in [0.29, 0.717) is 11.3 Å². The van der Waals surface area contributed by atoms with Crippen LogP contribution >= 0.6 is 11.8 Å². The molecule has 0 aliphatic carbocycles. The molecule has 0 atom stereocenters. The molecule has 3 nitrogen and oxygen atoms in total. The maximum absolute atomic E-state index is 13.5. The number of thioether (sulfide) groups is 1. The van der Waals surface area contributed by atoms with Crippen molar-refractivity contribution in [2.24, 2.45) is 0 Å². The van der Waals surface area contributed by atoms with Crippen LogP contribution in [0.15, 0.2) is 12.3 Å². The molecule has 1 saturated heterocycles.